The molecular formula is C20H20N6OS. The lowest BCUT2D eigenvalue weighted by atomic mass is 10.2. The number of H-pyrrole nitrogens is 1. The van der Waals surface area contributed by atoms with E-state index in [1.807, 2.05) is 51.8 Å². The van der Waals surface area contributed by atoms with Gasteiger partial charge in [-0.1, -0.05) is 42.1 Å². The topological polar surface area (TPSA) is 69.5 Å². The molecule has 0 unspecified atom stereocenters. The van der Waals surface area contributed by atoms with Gasteiger partial charge in [-0.15, -0.1) is 5.10 Å². The Balaban J connectivity index is 1.23. The van der Waals surface area contributed by atoms with Gasteiger partial charge in [0, 0.05) is 31.9 Å². The van der Waals surface area contributed by atoms with E-state index < -0.39 is 0 Å². The Kier molecular flexibility index (Phi) is 4.40. The third-order valence-corrected chi connectivity index (χ3v) is 6.01. The molecule has 0 aliphatic carbocycles. The van der Waals surface area contributed by atoms with Crippen molar-refractivity contribution < 1.29 is 4.79 Å². The van der Waals surface area contributed by atoms with Crippen molar-refractivity contribution in [1.82, 2.24) is 24.5 Å². The van der Waals surface area contributed by atoms with Crippen LogP contribution in [0, 0.1) is 0 Å². The van der Waals surface area contributed by atoms with Gasteiger partial charge in [0.15, 0.2) is 5.16 Å². The van der Waals surface area contributed by atoms with E-state index in [1.54, 1.807) is 0 Å². The molecule has 142 valence electrons. The van der Waals surface area contributed by atoms with Crippen molar-refractivity contribution in [2.24, 2.45) is 0 Å². The number of rotatable bonds is 4. The maximum absolute atomic E-state index is 12.7. The molecular weight excluding hydrogens is 372 g/mol. The first-order valence-corrected chi connectivity index (χ1v) is 10.3. The van der Waals surface area contributed by atoms with Crippen LogP contribution in [0.1, 0.15) is 0 Å². The molecule has 2 aromatic heterocycles. The molecule has 7 nitrogen and oxygen atoms in total. The fourth-order valence-corrected chi connectivity index (χ4v) is 4.47. The van der Waals surface area contributed by atoms with Gasteiger partial charge < -0.3 is 9.80 Å². The lowest BCUT2D eigenvalue weighted by molar-refractivity contribution is -0.128. The van der Waals surface area contributed by atoms with Crippen LogP contribution >= 0.6 is 11.8 Å². The van der Waals surface area contributed by atoms with Gasteiger partial charge in [0.05, 0.1) is 16.8 Å². The van der Waals surface area contributed by atoms with Crippen molar-refractivity contribution in [3.05, 3.63) is 54.6 Å². The Morgan fingerprint density at radius 1 is 1.00 bits per heavy atom. The summed E-state index contributed by atoms with van der Waals surface area (Å²) in [5.74, 6) is 1.23. The summed E-state index contributed by atoms with van der Waals surface area (Å²) in [6.45, 7) is 3.22. The number of carbonyl (C=O) groups excluding carboxylic acids is 1. The lowest BCUT2D eigenvalue weighted by Gasteiger charge is -2.36. The van der Waals surface area contributed by atoms with Crippen molar-refractivity contribution >= 4 is 40.2 Å². The first-order valence-electron chi connectivity index (χ1n) is 9.32. The molecule has 1 fully saturated rings. The molecule has 28 heavy (non-hydrogen) atoms. The summed E-state index contributed by atoms with van der Waals surface area (Å²) >= 11 is 1.45. The molecule has 5 rings (SSSR count). The SMILES string of the molecule is O=C(CSc1n[nH]c2nc3ccccc3n12)N1CCN(c2ccccc2)CC1. The number of piperazine rings is 1. The second-order valence-electron chi connectivity index (χ2n) is 6.76. The average molecular weight is 392 g/mol. The maximum atomic E-state index is 12.7. The predicted molar refractivity (Wildman–Crippen MR) is 111 cm³/mol. The largest absolute Gasteiger partial charge is 0.368 e. The van der Waals surface area contributed by atoms with Gasteiger partial charge in [-0.2, -0.15) is 0 Å². The van der Waals surface area contributed by atoms with E-state index in [4.69, 9.17) is 0 Å². The standard InChI is InChI=1S/C20H20N6OS/c27-18(25-12-10-24(11-13-25)15-6-2-1-3-7-15)14-28-20-23-22-19-21-16-8-4-5-9-17(16)26(19)20/h1-9H,10-14H2,(H,21,22). The molecule has 0 radical (unpaired) electrons. The number of imidazole rings is 1. The number of aromatic nitrogens is 4. The van der Waals surface area contributed by atoms with Crippen molar-refractivity contribution in [3.8, 4) is 0 Å². The van der Waals surface area contributed by atoms with E-state index in [1.165, 1.54) is 17.4 Å². The van der Waals surface area contributed by atoms with Crippen LogP contribution in [0.2, 0.25) is 0 Å². The normalized spacial score (nSPS) is 14.9. The molecule has 1 saturated heterocycles. The van der Waals surface area contributed by atoms with Gasteiger partial charge in [0.2, 0.25) is 11.7 Å². The van der Waals surface area contributed by atoms with Crippen LogP contribution in [0.4, 0.5) is 5.69 Å². The Morgan fingerprint density at radius 2 is 1.75 bits per heavy atom. The molecule has 4 aromatic rings. The maximum Gasteiger partial charge on any atom is 0.233 e. The highest BCUT2D eigenvalue weighted by Gasteiger charge is 2.22. The number of hydrogen-bond donors (Lipinski definition) is 1. The number of benzene rings is 2. The molecule has 3 heterocycles. The molecule has 0 saturated carbocycles. The number of hydrogen-bond acceptors (Lipinski definition) is 5. The van der Waals surface area contributed by atoms with E-state index >= 15 is 0 Å². The molecule has 0 atom stereocenters. The van der Waals surface area contributed by atoms with Crippen LogP contribution in [0.3, 0.4) is 0 Å². The number of fused-ring (bicyclic) bond motifs is 3. The third-order valence-electron chi connectivity index (χ3n) is 5.08. The second-order valence-corrected chi connectivity index (χ2v) is 7.70. The van der Waals surface area contributed by atoms with Gasteiger partial charge in [-0.05, 0) is 24.3 Å². The predicted octanol–water partition coefficient (Wildman–Crippen LogP) is 2.65. The Morgan fingerprint density at radius 3 is 2.57 bits per heavy atom. The van der Waals surface area contributed by atoms with Crippen molar-refractivity contribution in [3.63, 3.8) is 0 Å². The van der Waals surface area contributed by atoms with Crippen LogP contribution in [0.25, 0.3) is 16.8 Å². The van der Waals surface area contributed by atoms with Gasteiger partial charge >= 0.3 is 0 Å². The second kappa shape index (κ2) is 7.20. The Bertz CT molecular complexity index is 1110. The number of para-hydroxylation sites is 3. The average Bonchev–Trinajstić information content (AvgIpc) is 3.32. The summed E-state index contributed by atoms with van der Waals surface area (Å²) in [7, 11) is 0. The van der Waals surface area contributed by atoms with Crippen LogP contribution in [0.15, 0.2) is 59.8 Å². The molecule has 2 aromatic carbocycles. The van der Waals surface area contributed by atoms with Gasteiger partial charge in [-0.3, -0.25) is 9.20 Å². The first-order chi connectivity index (χ1) is 13.8. The zero-order valence-electron chi connectivity index (χ0n) is 15.3. The summed E-state index contributed by atoms with van der Waals surface area (Å²) < 4.78 is 1.97. The zero-order valence-corrected chi connectivity index (χ0v) is 16.1. The fourth-order valence-electron chi connectivity index (χ4n) is 3.61. The number of anilines is 1. The lowest BCUT2D eigenvalue weighted by Crippen LogP contribution is -2.49. The number of aromatic amines is 1. The van der Waals surface area contributed by atoms with E-state index in [-0.39, 0.29) is 5.91 Å². The van der Waals surface area contributed by atoms with Crippen LogP contribution in [-0.2, 0) is 4.79 Å². The highest BCUT2D eigenvalue weighted by atomic mass is 32.2. The molecule has 0 spiro atoms. The van der Waals surface area contributed by atoms with E-state index in [0.29, 0.717) is 11.5 Å². The third kappa shape index (κ3) is 3.09. The summed E-state index contributed by atoms with van der Waals surface area (Å²) in [4.78, 5) is 21.5. The van der Waals surface area contributed by atoms with E-state index in [9.17, 15) is 4.79 Å². The highest BCUT2D eigenvalue weighted by Crippen LogP contribution is 2.23. The quantitative estimate of drug-likeness (QED) is 0.541. The number of thioether (sulfide) groups is 1. The molecule has 1 amide bonds. The Labute approximate surface area is 166 Å². The van der Waals surface area contributed by atoms with Gasteiger partial charge in [0.1, 0.15) is 0 Å². The minimum Gasteiger partial charge on any atom is -0.368 e. The summed E-state index contributed by atoms with van der Waals surface area (Å²) in [5.41, 5.74) is 3.13. The number of nitrogens with zero attached hydrogens (tertiary/aromatic N) is 5. The summed E-state index contributed by atoms with van der Waals surface area (Å²) in [6.07, 6.45) is 0. The highest BCUT2D eigenvalue weighted by molar-refractivity contribution is 7.99. The van der Waals surface area contributed by atoms with Crippen LogP contribution in [-0.4, -0.2) is 62.3 Å². The Hall–Kier alpha value is -3.00. The molecule has 1 N–H and O–H groups in total. The molecule has 1 aliphatic heterocycles. The molecule has 0 bridgehead atoms. The summed E-state index contributed by atoms with van der Waals surface area (Å²) in [5, 5.41) is 8.05. The van der Waals surface area contributed by atoms with Crippen LogP contribution < -0.4 is 4.90 Å². The minimum absolute atomic E-state index is 0.151. The fraction of sp³-hybridized carbons (Fsp3) is 0.250. The summed E-state index contributed by atoms with van der Waals surface area (Å²) in [6, 6.07) is 18.3. The van der Waals surface area contributed by atoms with Crippen molar-refractivity contribution in [1.29, 1.82) is 0 Å². The van der Waals surface area contributed by atoms with Crippen LogP contribution in [0.5, 0.6) is 0 Å². The van der Waals surface area contributed by atoms with Crippen molar-refractivity contribution in [2.45, 2.75) is 5.16 Å². The zero-order chi connectivity index (χ0) is 18.9. The molecule has 8 heteroatoms. The van der Waals surface area contributed by atoms with Gasteiger partial charge in [0.25, 0.3) is 0 Å². The van der Waals surface area contributed by atoms with E-state index in [2.05, 4.69) is 32.2 Å². The smallest absolute Gasteiger partial charge is 0.233 e. The first kappa shape index (κ1) is 17.1. The monoisotopic (exact) mass is 392 g/mol. The van der Waals surface area contributed by atoms with E-state index in [0.717, 1.165) is 42.4 Å². The number of nitrogens with one attached hydrogen (secondary N) is 1. The van der Waals surface area contributed by atoms with Crippen molar-refractivity contribution in [2.75, 3.05) is 36.8 Å². The van der Waals surface area contributed by atoms with Gasteiger partial charge in [-0.25, -0.2) is 10.1 Å². The minimum atomic E-state index is 0.151. The number of amides is 1. The number of carbonyl (C=O) groups is 1. The molecule has 1 aliphatic rings.